The topological polar surface area (TPSA) is 119 Å². The standard InChI is InChI=1S/C31H36N6O4/c1-40-20-31(39)15-9-8-14-25(31)37-21-33-27(28(37)22-10-4-2-5-11-22)30(38)36-17-16-32-19-24(36)18-26-34-35-29(41-26)23-12-6-3-7-13-23/h2-7,10-13,21,24-25,32,39H,8-9,14-20H2,1H3/t24-,25-,31-/m1/s1. The van der Waals surface area contributed by atoms with Crippen molar-refractivity contribution in [2.24, 2.45) is 0 Å². The van der Waals surface area contributed by atoms with Crippen LogP contribution in [0.15, 0.2) is 71.4 Å². The van der Waals surface area contributed by atoms with Gasteiger partial charge in [-0.05, 0) is 25.0 Å². The fourth-order valence-electron chi connectivity index (χ4n) is 6.24. The molecular formula is C31H36N6O4. The van der Waals surface area contributed by atoms with E-state index in [0.29, 0.717) is 50.0 Å². The first-order valence-corrected chi connectivity index (χ1v) is 14.3. The summed E-state index contributed by atoms with van der Waals surface area (Å²) in [5.41, 5.74) is 1.80. The molecule has 3 heterocycles. The zero-order chi connectivity index (χ0) is 28.2. The summed E-state index contributed by atoms with van der Waals surface area (Å²) in [5, 5.41) is 23.5. The van der Waals surface area contributed by atoms with E-state index in [1.54, 1.807) is 13.4 Å². The Labute approximate surface area is 239 Å². The summed E-state index contributed by atoms with van der Waals surface area (Å²) < 4.78 is 13.4. The average Bonchev–Trinajstić information content (AvgIpc) is 3.66. The van der Waals surface area contributed by atoms with Crippen molar-refractivity contribution in [2.75, 3.05) is 33.4 Å². The number of benzene rings is 2. The molecule has 1 saturated heterocycles. The fraction of sp³-hybridized carbons (Fsp3) is 0.419. The van der Waals surface area contributed by atoms with Crippen LogP contribution in [0.4, 0.5) is 0 Å². The third kappa shape index (κ3) is 5.55. The Balaban J connectivity index is 1.32. The van der Waals surface area contributed by atoms with Gasteiger partial charge >= 0.3 is 0 Å². The summed E-state index contributed by atoms with van der Waals surface area (Å²) in [6.45, 7) is 2.04. The molecule has 2 aromatic carbocycles. The van der Waals surface area contributed by atoms with Gasteiger partial charge in [0.2, 0.25) is 11.8 Å². The molecule has 2 fully saturated rings. The third-order valence-electron chi connectivity index (χ3n) is 8.24. The minimum absolute atomic E-state index is 0.150. The van der Waals surface area contributed by atoms with Crippen molar-refractivity contribution < 1.29 is 19.1 Å². The summed E-state index contributed by atoms with van der Waals surface area (Å²) in [7, 11) is 1.61. The van der Waals surface area contributed by atoms with Gasteiger partial charge in [-0.1, -0.05) is 61.4 Å². The van der Waals surface area contributed by atoms with E-state index < -0.39 is 5.60 Å². The van der Waals surface area contributed by atoms with E-state index in [1.807, 2.05) is 70.1 Å². The molecule has 214 valence electrons. The minimum atomic E-state index is -1.04. The van der Waals surface area contributed by atoms with Crippen LogP contribution >= 0.6 is 0 Å². The van der Waals surface area contributed by atoms with Crippen molar-refractivity contribution in [2.45, 2.75) is 49.8 Å². The van der Waals surface area contributed by atoms with Gasteiger partial charge in [0.05, 0.1) is 30.7 Å². The molecule has 1 saturated carbocycles. The van der Waals surface area contributed by atoms with E-state index in [4.69, 9.17) is 14.1 Å². The summed E-state index contributed by atoms with van der Waals surface area (Å²) in [4.78, 5) is 20.8. The molecule has 1 aliphatic carbocycles. The Kier molecular flexibility index (Phi) is 7.95. The summed E-state index contributed by atoms with van der Waals surface area (Å²) >= 11 is 0. The molecule has 10 nitrogen and oxygen atoms in total. The van der Waals surface area contributed by atoms with Gasteiger partial charge in [0.1, 0.15) is 5.60 Å². The molecule has 1 aliphatic heterocycles. The number of ether oxygens (including phenoxy) is 1. The Bertz CT molecular complexity index is 1450. The van der Waals surface area contributed by atoms with E-state index in [9.17, 15) is 9.90 Å². The van der Waals surface area contributed by atoms with E-state index in [2.05, 4.69) is 15.5 Å². The van der Waals surface area contributed by atoms with Crippen LogP contribution in [0.5, 0.6) is 0 Å². The van der Waals surface area contributed by atoms with E-state index in [1.165, 1.54) is 0 Å². The van der Waals surface area contributed by atoms with E-state index in [0.717, 1.165) is 36.1 Å². The highest BCUT2D eigenvalue weighted by atomic mass is 16.5. The average molecular weight is 557 g/mol. The molecule has 3 atom stereocenters. The SMILES string of the molecule is COC[C@]1(O)CCCC[C@H]1n1cnc(C(=O)N2CCNC[C@H]2Cc2nnc(-c3ccccc3)o2)c1-c1ccccc1. The normalized spacial score (nSPS) is 23.0. The Morgan fingerprint density at radius 3 is 2.61 bits per heavy atom. The molecule has 2 aliphatic rings. The number of hydrogen-bond acceptors (Lipinski definition) is 8. The highest BCUT2D eigenvalue weighted by Crippen LogP contribution is 2.41. The Hall–Kier alpha value is -3.86. The Morgan fingerprint density at radius 1 is 1.10 bits per heavy atom. The number of rotatable bonds is 8. The second-order valence-electron chi connectivity index (χ2n) is 10.9. The molecule has 2 aromatic heterocycles. The maximum absolute atomic E-state index is 14.3. The van der Waals surface area contributed by atoms with Crippen LogP contribution in [0.2, 0.25) is 0 Å². The maximum atomic E-state index is 14.3. The highest BCUT2D eigenvalue weighted by Gasteiger charge is 2.42. The van der Waals surface area contributed by atoms with Crippen LogP contribution in [0.1, 0.15) is 48.1 Å². The molecule has 10 heteroatoms. The first kappa shape index (κ1) is 27.3. The quantitative estimate of drug-likeness (QED) is 0.337. The third-order valence-corrected chi connectivity index (χ3v) is 8.24. The molecule has 6 rings (SSSR count). The fourth-order valence-corrected chi connectivity index (χ4v) is 6.24. The van der Waals surface area contributed by atoms with Crippen molar-refractivity contribution in [1.82, 2.24) is 30.0 Å². The number of amides is 1. The van der Waals surface area contributed by atoms with Gasteiger partial charge in [-0.3, -0.25) is 4.79 Å². The molecule has 0 bridgehead atoms. The lowest BCUT2D eigenvalue weighted by atomic mass is 9.80. The number of aromatic nitrogens is 4. The highest BCUT2D eigenvalue weighted by molar-refractivity contribution is 5.98. The largest absolute Gasteiger partial charge is 0.421 e. The second kappa shape index (κ2) is 11.9. The number of imidazole rings is 1. The molecule has 0 spiro atoms. The van der Waals surface area contributed by atoms with Gasteiger partial charge in [0.15, 0.2) is 5.69 Å². The van der Waals surface area contributed by atoms with Crippen molar-refractivity contribution in [3.8, 4) is 22.7 Å². The summed E-state index contributed by atoms with van der Waals surface area (Å²) in [6, 6.07) is 19.0. The molecule has 1 amide bonds. The number of nitrogens with one attached hydrogen (secondary N) is 1. The number of hydrogen-bond donors (Lipinski definition) is 2. The monoisotopic (exact) mass is 556 g/mol. The number of piperazine rings is 1. The lowest BCUT2D eigenvalue weighted by Gasteiger charge is -2.41. The second-order valence-corrected chi connectivity index (χ2v) is 10.9. The van der Waals surface area contributed by atoms with Crippen molar-refractivity contribution in [3.05, 3.63) is 78.6 Å². The number of aliphatic hydroxyl groups is 1. The molecule has 0 radical (unpaired) electrons. The van der Waals surface area contributed by atoms with Crippen molar-refractivity contribution >= 4 is 5.91 Å². The van der Waals surface area contributed by atoms with Gasteiger partial charge in [-0.25, -0.2) is 4.98 Å². The number of nitrogens with zero attached hydrogens (tertiary/aromatic N) is 5. The van der Waals surface area contributed by atoms with Crippen molar-refractivity contribution in [3.63, 3.8) is 0 Å². The van der Waals surface area contributed by atoms with Gasteiger partial charge in [0.25, 0.3) is 5.91 Å². The van der Waals surface area contributed by atoms with Crippen LogP contribution in [0.3, 0.4) is 0 Å². The van der Waals surface area contributed by atoms with Gasteiger partial charge in [-0.15, -0.1) is 10.2 Å². The first-order valence-electron chi connectivity index (χ1n) is 14.3. The van der Waals surface area contributed by atoms with Gasteiger partial charge < -0.3 is 29.0 Å². The van der Waals surface area contributed by atoms with E-state index >= 15 is 0 Å². The number of carbonyl (C=O) groups excluding carboxylic acids is 1. The first-order chi connectivity index (χ1) is 20.1. The van der Waals surface area contributed by atoms with Crippen LogP contribution < -0.4 is 5.32 Å². The lowest BCUT2D eigenvalue weighted by molar-refractivity contribution is -0.0893. The van der Waals surface area contributed by atoms with Crippen LogP contribution in [0.25, 0.3) is 22.7 Å². The summed E-state index contributed by atoms with van der Waals surface area (Å²) in [6.07, 6.45) is 5.48. The molecule has 4 aromatic rings. The molecule has 41 heavy (non-hydrogen) atoms. The van der Waals surface area contributed by atoms with Gasteiger partial charge in [0, 0.05) is 44.3 Å². The minimum Gasteiger partial charge on any atom is -0.421 e. The smallest absolute Gasteiger partial charge is 0.275 e. The number of carbonyl (C=O) groups is 1. The zero-order valence-corrected chi connectivity index (χ0v) is 23.3. The predicted octanol–water partition coefficient (Wildman–Crippen LogP) is 3.75. The molecular weight excluding hydrogens is 520 g/mol. The predicted molar refractivity (Wildman–Crippen MR) is 153 cm³/mol. The lowest BCUT2D eigenvalue weighted by Crippen LogP contribution is -2.54. The summed E-state index contributed by atoms with van der Waals surface area (Å²) in [5.74, 6) is 0.794. The Morgan fingerprint density at radius 2 is 1.85 bits per heavy atom. The van der Waals surface area contributed by atoms with Crippen LogP contribution in [-0.4, -0.2) is 80.7 Å². The number of methoxy groups -OCH3 is 1. The zero-order valence-electron chi connectivity index (χ0n) is 23.3. The van der Waals surface area contributed by atoms with Gasteiger partial charge in [-0.2, -0.15) is 0 Å². The molecule has 0 unspecified atom stereocenters. The molecule has 2 N–H and O–H groups in total. The van der Waals surface area contributed by atoms with Crippen LogP contribution in [-0.2, 0) is 11.2 Å². The van der Waals surface area contributed by atoms with Crippen LogP contribution in [0, 0.1) is 0 Å². The van der Waals surface area contributed by atoms with E-state index in [-0.39, 0.29) is 24.6 Å². The van der Waals surface area contributed by atoms with Crippen molar-refractivity contribution in [1.29, 1.82) is 0 Å². The maximum Gasteiger partial charge on any atom is 0.275 e.